The van der Waals surface area contributed by atoms with Gasteiger partial charge in [-0.3, -0.25) is 0 Å². The maximum Gasteiger partial charge on any atom is 0.125 e. The molecule has 0 fully saturated rings. The van der Waals surface area contributed by atoms with Crippen LogP contribution < -0.4 is 10.5 Å². The van der Waals surface area contributed by atoms with Gasteiger partial charge in [0.05, 0.1) is 6.10 Å². The summed E-state index contributed by atoms with van der Waals surface area (Å²) in [7, 11) is 1.69. The Bertz CT molecular complexity index is 365. The van der Waals surface area contributed by atoms with Crippen molar-refractivity contribution in [2.24, 2.45) is 5.73 Å². The lowest BCUT2D eigenvalue weighted by atomic mass is 10.0. The Morgan fingerprint density at radius 2 is 1.72 bits per heavy atom. The molecule has 2 atom stereocenters. The Balaban J connectivity index is 2.81. The highest BCUT2D eigenvalue weighted by atomic mass is 16.5. The second-order valence-electron chi connectivity index (χ2n) is 5.10. The van der Waals surface area contributed by atoms with Crippen molar-refractivity contribution in [3.8, 4) is 5.75 Å². The number of nitrogens with two attached hydrogens (primary N) is 1. The third-order valence-electron chi connectivity index (χ3n) is 2.94. The van der Waals surface area contributed by atoms with Crippen LogP contribution in [0.2, 0.25) is 0 Å². The molecule has 3 nitrogen and oxygen atoms in total. The molecule has 0 saturated carbocycles. The lowest BCUT2D eigenvalue weighted by Crippen LogP contribution is -2.18. The van der Waals surface area contributed by atoms with Gasteiger partial charge in [-0.05, 0) is 50.8 Å². The van der Waals surface area contributed by atoms with Gasteiger partial charge in [-0.15, -0.1) is 0 Å². The molecule has 0 bridgehead atoms. The zero-order chi connectivity index (χ0) is 13.7. The Hall–Kier alpha value is -1.06. The van der Waals surface area contributed by atoms with Gasteiger partial charge >= 0.3 is 0 Å². The van der Waals surface area contributed by atoms with E-state index in [1.807, 2.05) is 13.8 Å². The summed E-state index contributed by atoms with van der Waals surface area (Å²) in [5.74, 6) is 0.965. The van der Waals surface area contributed by atoms with Gasteiger partial charge in [0.2, 0.25) is 0 Å². The summed E-state index contributed by atoms with van der Waals surface area (Å²) in [6.07, 6.45) is 1.00. The van der Waals surface area contributed by atoms with Crippen LogP contribution in [-0.2, 0) is 11.2 Å². The summed E-state index contributed by atoms with van der Waals surface area (Å²) >= 11 is 0. The quantitative estimate of drug-likeness (QED) is 0.845. The van der Waals surface area contributed by atoms with Crippen LogP contribution in [0.4, 0.5) is 0 Å². The molecule has 0 aliphatic heterocycles. The second-order valence-corrected chi connectivity index (χ2v) is 5.10. The second kappa shape index (κ2) is 6.76. The Kier molecular flexibility index (Phi) is 5.63. The highest BCUT2D eigenvalue weighted by molar-refractivity contribution is 5.43. The number of methoxy groups -OCH3 is 1. The predicted octanol–water partition coefficient (Wildman–Crippen LogP) is 2.61. The topological polar surface area (TPSA) is 44.5 Å². The monoisotopic (exact) mass is 251 g/mol. The van der Waals surface area contributed by atoms with E-state index in [0.29, 0.717) is 6.61 Å². The molecule has 18 heavy (non-hydrogen) atoms. The van der Waals surface area contributed by atoms with Crippen molar-refractivity contribution in [2.75, 3.05) is 13.7 Å². The highest BCUT2D eigenvalue weighted by Crippen LogP contribution is 2.25. The minimum absolute atomic E-state index is 0.104. The average molecular weight is 251 g/mol. The van der Waals surface area contributed by atoms with E-state index in [4.69, 9.17) is 15.2 Å². The van der Waals surface area contributed by atoms with Crippen molar-refractivity contribution >= 4 is 0 Å². The molecule has 1 rings (SSSR count). The van der Waals surface area contributed by atoms with Crippen molar-refractivity contribution < 1.29 is 9.47 Å². The van der Waals surface area contributed by atoms with Crippen LogP contribution in [-0.4, -0.2) is 25.9 Å². The van der Waals surface area contributed by atoms with E-state index >= 15 is 0 Å². The lowest BCUT2D eigenvalue weighted by Gasteiger charge is -2.17. The van der Waals surface area contributed by atoms with Crippen LogP contribution in [0.15, 0.2) is 12.1 Å². The van der Waals surface area contributed by atoms with Crippen molar-refractivity contribution in [2.45, 2.75) is 46.3 Å². The Morgan fingerprint density at radius 3 is 2.17 bits per heavy atom. The SMILES string of the molecule is COC(C)COc1c(C)cc(CC(C)N)cc1C. The molecular formula is C15H25NO2. The summed E-state index contributed by atoms with van der Waals surface area (Å²) < 4.78 is 11.0. The van der Waals surface area contributed by atoms with Gasteiger partial charge in [0.25, 0.3) is 0 Å². The fourth-order valence-corrected chi connectivity index (χ4v) is 2.03. The van der Waals surface area contributed by atoms with Crippen LogP contribution in [0, 0.1) is 13.8 Å². The molecule has 102 valence electrons. The van der Waals surface area contributed by atoms with E-state index in [9.17, 15) is 0 Å². The first kappa shape index (κ1) is 15.0. The molecule has 0 spiro atoms. The van der Waals surface area contributed by atoms with E-state index in [1.165, 1.54) is 5.56 Å². The van der Waals surface area contributed by atoms with Gasteiger partial charge in [0.15, 0.2) is 0 Å². The van der Waals surface area contributed by atoms with E-state index in [1.54, 1.807) is 7.11 Å². The summed E-state index contributed by atoms with van der Waals surface area (Å²) in [6.45, 7) is 8.74. The molecule has 0 radical (unpaired) electrons. The van der Waals surface area contributed by atoms with Crippen molar-refractivity contribution in [3.63, 3.8) is 0 Å². The molecule has 0 aliphatic rings. The Labute approximate surface area is 110 Å². The average Bonchev–Trinajstić information content (AvgIpc) is 2.26. The molecule has 2 N–H and O–H groups in total. The van der Waals surface area contributed by atoms with Crippen LogP contribution in [0.5, 0.6) is 5.75 Å². The highest BCUT2D eigenvalue weighted by Gasteiger charge is 2.09. The molecule has 0 heterocycles. The van der Waals surface area contributed by atoms with Gasteiger partial charge in [-0.1, -0.05) is 12.1 Å². The smallest absolute Gasteiger partial charge is 0.125 e. The molecule has 1 aromatic carbocycles. The van der Waals surface area contributed by atoms with Gasteiger partial charge < -0.3 is 15.2 Å². The van der Waals surface area contributed by atoms with E-state index in [2.05, 4.69) is 26.0 Å². The summed E-state index contributed by atoms with van der Waals surface area (Å²) in [5, 5.41) is 0. The molecular weight excluding hydrogens is 226 g/mol. The molecule has 1 aromatic rings. The number of aryl methyl sites for hydroxylation is 2. The Morgan fingerprint density at radius 1 is 1.17 bits per heavy atom. The van der Waals surface area contributed by atoms with Gasteiger partial charge in [0, 0.05) is 13.2 Å². The van der Waals surface area contributed by atoms with Crippen molar-refractivity contribution in [1.29, 1.82) is 0 Å². The molecule has 3 heteroatoms. The van der Waals surface area contributed by atoms with Gasteiger partial charge in [0.1, 0.15) is 12.4 Å². The summed E-state index contributed by atoms with van der Waals surface area (Å²) in [5.41, 5.74) is 9.42. The largest absolute Gasteiger partial charge is 0.490 e. The summed E-state index contributed by atoms with van der Waals surface area (Å²) in [6, 6.07) is 4.50. The minimum atomic E-state index is 0.104. The number of ether oxygens (including phenoxy) is 2. The first-order valence-corrected chi connectivity index (χ1v) is 6.45. The number of hydrogen-bond donors (Lipinski definition) is 1. The molecule has 0 amide bonds. The maximum absolute atomic E-state index is 5.83. The van der Waals surface area contributed by atoms with E-state index in [-0.39, 0.29) is 12.1 Å². The zero-order valence-corrected chi connectivity index (χ0v) is 12.1. The fourth-order valence-electron chi connectivity index (χ4n) is 2.03. The standard InChI is InChI=1S/C15H25NO2/c1-10-6-14(8-12(3)16)7-11(2)15(10)18-9-13(4)17-5/h6-7,12-13H,8-9,16H2,1-5H3. The van der Waals surface area contributed by atoms with Crippen LogP contribution in [0.1, 0.15) is 30.5 Å². The molecule has 0 aliphatic carbocycles. The predicted molar refractivity (Wildman–Crippen MR) is 75.2 cm³/mol. The van der Waals surface area contributed by atoms with Gasteiger partial charge in [-0.2, -0.15) is 0 Å². The van der Waals surface area contributed by atoms with E-state index in [0.717, 1.165) is 23.3 Å². The minimum Gasteiger partial charge on any atom is -0.490 e. The lowest BCUT2D eigenvalue weighted by molar-refractivity contribution is 0.0711. The molecule has 0 aromatic heterocycles. The zero-order valence-electron chi connectivity index (χ0n) is 12.1. The third kappa shape index (κ3) is 4.31. The first-order chi connectivity index (χ1) is 8.43. The van der Waals surface area contributed by atoms with Crippen molar-refractivity contribution in [1.82, 2.24) is 0 Å². The summed E-state index contributed by atoms with van der Waals surface area (Å²) in [4.78, 5) is 0. The first-order valence-electron chi connectivity index (χ1n) is 6.45. The molecule has 0 saturated heterocycles. The third-order valence-corrected chi connectivity index (χ3v) is 2.94. The number of hydrogen-bond acceptors (Lipinski definition) is 3. The van der Waals surface area contributed by atoms with Crippen LogP contribution >= 0.6 is 0 Å². The fraction of sp³-hybridized carbons (Fsp3) is 0.600. The van der Waals surface area contributed by atoms with Crippen LogP contribution in [0.25, 0.3) is 0 Å². The van der Waals surface area contributed by atoms with Gasteiger partial charge in [-0.25, -0.2) is 0 Å². The normalized spacial score (nSPS) is 14.3. The molecule has 2 unspecified atom stereocenters. The van der Waals surface area contributed by atoms with E-state index < -0.39 is 0 Å². The van der Waals surface area contributed by atoms with Crippen molar-refractivity contribution in [3.05, 3.63) is 28.8 Å². The van der Waals surface area contributed by atoms with Crippen LogP contribution in [0.3, 0.4) is 0 Å². The number of benzene rings is 1. The maximum atomic E-state index is 5.83. The number of rotatable bonds is 6.